The molecule has 1 aromatic rings. The van der Waals surface area contributed by atoms with Crippen LogP contribution in [0.25, 0.3) is 0 Å². The Hall–Kier alpha value is -1.06. The summed E-state index contributed by atoms with van der Waals surface area (Å²) < 4.78 is 5.60. The topological polar surface area (TPSA) is 24.5 Å². The molecule has 0 amide bonds. The number of nitrogens with one attached hydrogen (secondary N) is 1. The molecule has 2 fully saturated rings. The number of hydrogen-bond acceptors (Lipinski definition) is 3. The predicted molar refractivity (Wildman–Crippen MR) is 80.2 cm³/mol. The van der Waals surface area contributed by atoms with Gasteiger partial charge in [-0.2, -0.15) is 0 Å². The maximum absolute atomic E-state index is 5.60. The van der Waals surface area contributed by atoms with Crippen molar-refractivity contribution < 1.29 is 4.74 Å². The van der Waals surface area contributed by atoms with Gasteiger partial charge in [0.05, 0.1) is 6.61 Å². The van der Waals surface area contributed by atoms with Gasteiger partial charge in [0.25, 0.3) is 0 Å². The summed E-state index contributed by atoms with van der Waals surface area (Å²) in [6.07, 6.45) is 5.13. The standard InChI is InChI=1S/C17H24N2O/c1-12(13-4-5-17-14(11-13)7-10-20-17)18-15-6-9-19-8-2-3-16(15)19/h4-5,11-12,15-16,18H,2-3,6-10H2,1H3. The Morgan fingerprint density at radius 1 is 1.30 bits per heavy atom. The van der Waals surface area contributed by atoms with Gasteiger partial charge < -0.3 is 10.1 Å². The van der Waals surface area contributed by atoms with Crippen molar-refractivity contribution in [2.24, 2.45) is 0 Å². The first-order chi connectivity index (χ1) is 9.81. The van der Waals surface area contributed by atoms with E-state index in [4.69, 9.17) is 4.74 Å². The molecule has 3 heteroatoms. The minimum Gasteiger partial charge on any atom is -0.493 e. The molecule has 0 saturated carbocycles. The number of rotatable bonds is 3. The maximum atomic E-state index is 5.60. The molecule has 3 heterocycles. The lowest BCUT2D eigenvalue weighted by molar-refractivity contribution is 0.291. The predicted octanol–water partition coefficient (Wildman–Crippen LogP) is 2.51. The summed E-state index contributed by atoms with van der Waals surface area (Å²) in [4.78, 5) is 2.67. The number of fused-ring (bicyclic) bond motifs is 2. The zero-order valence-electron chi connectivity index (χ0n) is 12.3. The summed E-state index contributed by atoms with van der Waals surface area (Å²) >= 11 is 0. The highest BCUT2D eigenvalue weighted by Gasteiger charge is 2.37. The zero-order chi connectivity index (χ0) is 13.5. The SMILES string of the molecule is CC(NC1CCN2CCCC12)c1ccc2c(c1)CCO2. The fraction of sp³-hybridized carbons (Fsp3) is 0.647. The Morgan fingerprint density at radius 3 is 3.20 bits per heavy atom. The van der Waals surface area contributed by atoms with E-state index in [1.807, 2.05) is 0 Å². The van der Waals surface area contributed by atoms with E-state index in [-0.39, 0.29) is 0 Å². The first kappa shape index (κ1) is 12.7. The van der Waals surface area contributed by atoms with Crippen LogP contribution in [0.4, 0.5) is 0 Å². The number of ether oxygens (including phenoxy) is 1. The molecule has 0 aliphatic carbocycles. The maximum Gasteiger partial charge on any atom is 0.122 e. The largest absolute Gasteiger partial charge is 0.493 e. The van der Waals surface area contributed by atoms with Gasteiger partial charge in [0.1, 0.15) is 5.75 Å². The average Bonchev–Trinajstić information content (AvgIpc) is 3.14. The van der Waals surface area contributed by atoms with Gasteiger partial charge in [0.2, 0.25) is 0 Å². The smallest absolute Gasteiger partial charge is 0.122 e. The fourth-order valence-electron chi connectivity index (χ4n) is 4.17. The van der Waals surface area contributed by atoms with Crippen molar-refractivity contribution in [2.45, 2.75) is 50.7 Å². The highest BCUT2D eigenvalue weighted by atomic mass is 16.5. The highest BCUT2D eigenvalue weighted by molar-refractivity contribution is 5.40. The van der Waals surface area contributed by atoms with Gasteiger partial charge >= 0.3 is 0 Å². The van der Waals surface area contributed by atoms with Crippen LogP contribution in [-0.2, 0) is 6.42 Å². The summed E-state index contributed by atoms with van der Waals surface area (Å²) in [6.45, 7) is 5.75. The van der Waals surface area contributed by atoms with E-state index in [1.54, 1.807) is 0 Å². The molecule has 3 nitrogen and oxygen atoms in total. The van der Waals surface area contributed by atoms with Gasteiger partial charge in [-0.05, 0) is 49.9 Å². The second kappa shape index (κ2) is 5.05. The summed E-state index contributed by atoms with van der Waals surface area (Å²) in [5.41, 5.74) is 2.79. The van der Waals surface area contributed by atoms with Crippen LogP contribution in [0.15, 0.2) is 18.2 Å². The van der Waals surface area contributed by atoms with Crippen LogP contribution in [-0.4, -0.2) is 36.7 Å². The van der Waals surface area contributed by atoms with E-state index in [0.29, 0.717) is 12.1 Å². The van der Waals surface area contributed by atoms with Crippen LogP contribution in [0.3, 0.4) is 0 Å². The molecular formula is C17H24N2O. The van der Waals surface area contributed by atoms with Crippen molar-refractivity contribution in [2.75, 3.05) is 19.7 Å². The van der Waals surface area contributed by atoms with Gasteiger partial charge in [-0.25, -0.2) is 0 Å². The van der Waals surface area contributed by atoms with Crippen LogP contribution < -0.4 is 10.1 Å². The van der Waals surface area contributed by atoms with Crippen LogP contribution in [0, 0.1) is 0 Å². The Labute approximate surface area is 121 Å². The van der Waals surface area contributed by atoms with Crippen molar-refractivity contribution in [1.82, 2.24) is 10.2 Å². The van der Waals surface area contributed by atoms with E-state index in [2.05, 4.69) is 35.3 Å². The van der Waals surface area contributed by atoms with E-state index >= 15 is 0 Å². The van der Waals surface area contributed by atoms with E-state index in [9.17, 15) is 0 Å². The van der Waals surface area contributed by atoms with Crippen LogP contribution in [0.2, 0.25) is 0 Å². The summed E-state index contributed by atoms with van der Waals surface area (Å²) in [7, 11) is 0. The molecule has 0 radical (unpaired) electrons. The van der Waals surface area contributed by atoms with Crippen LogP contribution in [0.5, 0.6) is 5.75 Å². The first-order valence-electron chi connectivity index (χ1n) is 8.07. The lowest BCUT2D eigenvalue weighted by atomic mass is 10.0. The third kappa shape index (κ3) is 2.13. The molecule has 0 spiro atoms. The molecule has 0 bridgehead atoms. The first-order valence-corrected chi connectivity index (χ1v) is 8.07. The minimum atomic E-state index is 0.437. The van der Waals surface area contributed by atoms with Crippen molar-refractivity contribution in [1.29, 1.82) is 0 Å². The fourth-order valence-corrected chi connectivity index (χ4v) is 4.17. The molecule has 1 aromatic carbocycles. The van der Waals surface area contributed by atoms with E-state index in [0.717, 1.165) is 24.8 Å². The van der Waals surface area contributed by atoms with Gasteiger partial charge in [-0.3, -0.25) is 4.90 Å². The molecule has 108 valence electrons. The summed E-state index contributed by atoms with van der Waals surface area (Å²) in [5.74, 6) is 1.09. The van der Waals surface area contributed by atoms with Crippen LogP contribution in [0.1, 0.15) is 43.4 Å². The van der Waals surface area contributed by atoms with Gasteiger partial charge in [0, 0.05) is 31.1 Å². The Balaban J connectivity index is 1.46. The number of benzene rings is 1. The molecule has 2 saturated heterocycles. The number of nitrogens with zero attached hydrogens (tertiary/aromatic N) is 1. The van der Waals surface area contributed by atoms with Crippen molar-refractivity contribution in [3.8, 4) is 5.75 Å². The number of hydrogen-bond donors (Lipinski definition) is 1. The van der Waals surface area contributed by atoms with Crippen LogP contribution >= 0.6 is 0 Å². The molecule has 1 N–H and O–H groups in total. The van der Waals surface area contributed by atoms with Crippen molar-refractivity contribution >= 4 is 0 Å². The molecule has 4 rings (SSSR count). The zero-order valence-corrected chi connectivity index (χ0v) is 12.3. The quantitative estimate of drug-likeness (QED) is 0.915. The molecule has 3 atom stereocenters. The third-order valence-electron chi connectivity index (χ3n) is 5.28. The minimum absolute atomic E-state index is 0.437. The monoisotopic (exact) mass is 272 g/mol. The average molecular weight is 272 g/mol. The van der Waals surface area contributed by atoms with Gasteiger partial charge in [-0.15, -0.1) is 0 Å². The van der Waals surface area contributed by atoms with Gasteiger partial charge in [-0.1, -0.05) is 12.1 Å². The highest BCUT2D eigenvalue weighted by Crippen LogP contribution is 2.31. The molecule has 0 aromatic heterocycles. The lowest BCUT2D eigenvalue weighted by Gasteiger charge is -2.25. The third-order valence-corrected chi connectivity index (χ3v) is 5.28. The Kier molecular flexibility index (Phi) is 3.20. The Bertz CT molecular complexity index is 502. The van der Waals surface area contributed by atoms with Gasteiger partial charge in [0.15, 0.2) is 0 Å². The molecule has 20 heavy (non-hydrogen) atoms. The second-order valence-corrected chi connectivity index (χ2v) is 6.49. The normalized spacial score (nSPS) is 30.1. The van der Waals surface area contributed by atoms with E-state index in [1.165, 1.54) is 43.5 Å². The summed E-state index contributed by atoms with van der Waals surface area (Å²) in [5, 5.41) is 3.88. The lowest BCUT2D eigenvalue weighted by Crippen LogP contribution is -2.40. The summed E-state index contributed by atoms with van der Waals surface area (Å²) in [6, 6.07) is 8.61. The molecule has 3 unspecified atom stereocenters. The molecule has 3 aliphatic heterocycles. The van der Waals surface area contributed by atoms with E-state index < -0.39 is 0 Å². The molecule has 3 aliphatic rings. The van der Waals surface area contributed by atoms with Crippen molar-refractivity contribution in [3.63, 3.8) is 0 Å². The van der Waals surface area contributed by atoms with Crippen molar-refractivity contribution in [3.05, 3.63) is 29.3 Å². The molecular weight excluding hydrogens is 248 g/mol. The Morgan fingerprint density at radius 2 is 2.25 bits per heavy atom. The second-order valence-electron chi connectivity index (χ2n) is 6.49.